The summed E-state index contributed by atoms with van der Waals surface area (Å²) >= 11 is 5.63. The largest absolute Gasteiger partial charge is 0.360 e. The zero-order valence-corrected chi connectivity index (χ0v) is 16.9. The van der Waals surface area contributed by atoms with Crippen LogP contribution in [-0.2, 0) is 0 Å². The van der Waals surface area contributed by atoms with Crippen LogP contribution in [0.2, 0.25) is 0 Å². The van der Waals surface area contributed by atoms with E-state index in [0.717, 1.165) is 28.9 Å². The second-order valence-corrected chi connectivity index (χ2v) is 8.97. The highest BCUT2D eigenvalue weighted by Crippen LogP contribution is 2.39. The van der Waals surface area contributed by atoms with Gasteiger partial charge in [0.05, 0.1) is 0 Å². The Balaban J connectivity index is 1.36. The molecule has 2 heterocycles. The Kier molecular flexibility index (Phi) is 5.80. The van der Waals surface area contributed by atoms with Crippen LogP contribution in [-0.4, -0.2) is 34.2 Å². The molecule has 2 N–H and O–H groups in total. The lowest BCUT2D eigenvalue weighted by Gasteiger charge is -2.53. The molecule has 26 heavy (non-hydrogen) atoms. The van der Waals surface area contributed by atoms with Gasteiger partial charge < -0.3 is 10.6 Å². The summed E-state index contributed by atoms with van der Waals surface area (Å²) < 4.78 is 0. The third kappa shape index (κ3) is 4.07. The predicted molar refractivity (Wildman–Crippen MR) is 114 cm³/mol. The van der Waals surface area contributed by atoms with Crippen LogP contribution < -0.4 is 10.6 Å². The number of benzene rings is 1. The van der Waals surface area contributed by atoms with Crippen molar-refractivity contribution in [3.05, 3.63) is 29.8 Å². The van der Waals surface area contributed by atoms with E-state index in [1.54, 1.807) is 0 Å². The lowest BCUT2D eigenvalue weighted by atomic mass is 9.78. The molecule has 2 bridgehead atoms. The number of anilines is 1. The van der Waals surface area contributed by atoms with E-state index in [0.29, 0.717) is 6.04 Å². The minimum Gasteiger partial charge on any atom is -0.360 e. The van der Waals surface area contributed by atoms with Crippen molar-refractivity contribution >= 4 is 23.0 Å². The molecule has 0 aromatic heterocycles. The lowest BCUT2D eigenvalue weighted by Crippen LogP contribution is -2.60. The zero-order valence-electron chi connectivity index (χ0n) is 16.0. The fourth-order valence-corrected chi connectivity index (χ4v) is 5.84. The van der Waals surface area contributed by atoms with Crippen molar-refractivity contribution in [2.45, 2.75) is 95.3 Å². The number of para-hydroxylation sites is 1. The molecule has 2 saturated heterocycles. The molecule has 142 valence electrons. The summed E-state index contributed by atoms with van der Waals surface area (Å²) in [7, 11) is 0. The highest BCUT2D eigenvalue weighted by molar-refractivity contribution is 7.80. The van der Waals surface area contributed by atoms with Crippen molar-refractivity contribution < 1.29 is 0 Å². The fraction of sp³-hybridized carbons (Fsp3) is 0.682. The van der Waals surface area contributed by atoms with E-state index in [-0.39, 0.29) is 0 Å². The molecule has 1 saturated carbocycles. The Labute approximate surface area is 163 Å². The van der Waals surface area contributed by atoms with Crippen LogP contribution >= 0.6 is 12.2 Å². The number of nitrogens with one attached hydrogen (secondary N) is 2. The number of fused-ring (bicyclic) bond motifs is 2. The van der Waals surface area contributed by atoms with Crippen LogP contribution in [0.5, 0.6) is 0 Å². The van der Waals surface area contributed by atoms with Crippen molar-refractivity contribution in [2.24, 2.45) is 0 Å². The molecule has 3 aliphatic rings. The van der Waals surface area contributed by atoms with E-state index < -0.39 is 0 Å². The summed E-state index contributed by atoms with van der Waals surface area (Å²) in [5.41, 5.74) is 2.35. The van der Waals surface area contributed by atoms with Crippen molar-refractivity contribution in [3.63, 3.8) is 0 Å². The molecule has 0 radical (unpaired) electrons. The molecule has 0 amide bonds. The standard InChI is InChI=1S/C22H33N3S/c1-16-8-5-6-13-21(16)24-22(26)23-17-14-19-11-7-12-20(15-17)25(19)18-9-3-2-4-10-18/h5-6,8,13,17-20H,2-4,7,9-12,14-15H2,1H3,(H2,23,24,26)/t19-,20-/m0/s1. The highest BCUT2D eigenvalue weighted by atomic mass is 32.1. The van der Waals surface area contributed by atoms with Crippen LogP contribution in [0.3, 0.4) is 0 Å². The number of piperidine rings is 2. The first-order chi connectivity index (χ1) is 12.7. The summed E-state index contributed by atoms with van der Waals surface area (Å²) in [6.45, 7) is 2.12. The number of rotatable bonds is 3. The number of hydrogen-bond donors (Lipinski definition) is 2. The summed E-state index contributed by atoms with van der Waals surface area (Å²) in [6.07, 6.45) is 13.9. The molecule has 4 heteroatoms. The van der Waals surface area contributed by atoms with Crippen LogP contribution in [0.4, 0.5) is 5.69 Å². The summed E-state index contributed by atoms with van der Waals surface area (Å²) in [6, 6.07) is 11.3. The van der Waals surface area contributed by atoms with Gasteiger partial charge in [-0.3, -0.25) is 4.90 Å². The first-order valence-corrected chi connectivity index (χ1v) is 11.0. The molecule has 3 fully saturated rings. The molecule has 2 aliphatic heterocycles. The molecule has 4 rings (SSSR count). The Morgan fingerprint density at radius 1 is 0.923 bits per heavy atom. The minimum absolute atomic E-state index is 0.522. The smallest absolute Gasteiger partial charge is 0.171 e. The van der Waals surface area contributed by atoms with E-state index >= 15 is 0 Å². The molecule has 0 spiro atoms. The summed E-state index contributed by atoms with van der Waals surface area (Å²) in [4.78, 5) is 2.94. The van der Waals surface area contributed by atoms with Gasteiger partial charge in [-0.05, 0) is 69.3 Å². The number of aryl methyl sites for hydroxylation is 1. The lowest BCUT2D eigenvalue weighted by molar-refractivity contribution is -0.0195. The van der Waals surface area contributed by atoms with Gasteiger partial charge in [-0.2, -0.15) is 0 Å². The van der Waals surface area contributed by atoms with Crippen LogP contribution in [0.15, 0.2) is 24.3 Å². The maximum atomic E-state index is 5.63. The maximum absolute atomic E-state index is 5.63. The first kappa shape index (κ1) is 18.2. The van der Waals surface area contributed by atoms with E-state index in [9.17, 15) is 0 Å². The van der Waals surface area contributed by atoms with Gasteiger partial charge in [0.25, 0.3) is 0 Å². The van der Waals surface area contributed by atoms with E-state index in [2.05, 4.69) is 46.7 Å². The molecule has 1 aromatic carbocycles. The Bertz CT molecular complexity index is 612. The van der Waals surface area contributed by atoms with Crippen LogP contribution in [0.1, 0.15) is 69.8 Å². The van der Waals surface area contributed by atoms with E-state index in [4.69, 9.17) is 12.2 Å². The van der Waals surface area contributed by atoms with Gasteiger partial charge in [0.2, 0.25) is 0 Å². The zero-order chi connectivity index (χ0) is 17.9. The minimum atomic E-state index is 0.522. The van der Waals surface area contributed by atoms with Gasteiger partial charge in [0.1, 0.15) is 0 Å². The Morgan fingerprint density at radius 2 is 1.58 bits per heavy atom. The predicted octanol–water partition coefficient (Wildman–Crippen LogP) is 5.00. The number of hydrogen-bond acceptors (Lipinski definition) is 2. The first-order valence-electron chi connectivity index (χ1n) is 10.6. The summed E-state index contributed by atoms with van der Waals surface area (Å²) in [5.74, 6) is 0. The normalized spacial score (nSPS) is 30.0. The molecule has 3 nitrogen and oxygen atoms in total. The van der Waals surface area contributed by atoms with Gasteiger partial charge in [0.15, 0.2) is 5.11 Å². The number of nitrogens with zero attached hydrogens (tertiary/aromatic N) is 1. The van der Waals surface area contributed by atoms with Crippen molar-refractivity contribution in [1.29, 1.82) is 0 Å². The van der Waals surface area contributed by atoms with Crippen LogP contribution in [0.25, 0.3) is 0 Å². The van der Waals surface area contributed by atoms with Crippen molar-refractivity contribution in [3.8, 4) is 0 Å². The van der Waals surface area contributed by atoms with Crippen LogP contribution in [0, 0.1) is 6.92 Å². The molecular weight excluding hydrogens is 338 g/mol. The van der Waals surface area contributed by atoms with Gasteiger partial charge in [-0.1, -0.05) is 43.9 Å². The van der Waals surface area contributed by atoms with Gasteiger partial charge in [-0.25, -0.2) is 0 Å². The molecular formula is C22H33N3S. The molecule has 1 aliphatic carbocycles. The average molecular weight is 372 g/mol. The number of thiocarbonyl (C=S) groups is 1. The van der Waals surface area contributed by atoms with Crippen molar-refractivity contribution in [1.82, 2.24) is 10.2 Å². The van der Waals surface area contributed by atoms with Gasteiger partial charge in [-0.15, -0.1) is 0 Å². The Morgan fingerprint density at radius 3 is 2.27 bits per heavy atom. The fourth-order valence-electron chi connectivity index (χ4n) is 5.57. The third-order valence-electron chi connectivity index (χ3n) is 6.76. The highest BCUT2D eigenvalue weighted by Gasteiger charge is 2.41. The van der Waals surface area contributed by atoms with E-state index in [1.807, 2.05) is 0 Å². The van der Waals surface area contributed by atoms with Gasteiger partial charge in [0, 0.05) is 29.9 Å². The Hall–Kier alpha value is -1.13. The monoisotopic (exact) mass is 371 g/mol. The molecule has 0 unspecified atom stereocenters. The van der Waals surface area contributed by atoms with Gasteiger partial charge >= 0.3 is 0 Å². The SMILES string of the molecule is Cc1ccccc1NC(=S)NC1C[C@@H]2CCC[C@@H](C1)N2C1CCCCC1. The van der Waals surface area contributed by atoms with Crippen molar-refractivity contribution in [2.75, 3.05) is 5.32 Å². The topological polar surface area (TPSA) is 27.3 Å². The molecule has 2 atom stereocenters. The molecule has 1 aromatic rings. The average Bonchev–Trinajstić information content (AvgIpc) is 2.63. The third-order valence-corrected chi connectivity index (χ3v) is 6.98. The second-order valence-electron chi connectivity index (χ2n) is 8.56. The van der Waals surface area contributed by atoms with E-state index in [1.165, 1.54) is 69.8 Å². The maximum Gasteiger partial charge on any atom is 0.171 e. The summed E-state index contributed by atoms with van der Waals surface area (Å²) in [5, 5.41) is 7.83. The quantitative estimate of drug-likeness (QED) is 0.731. The second kappa shape index (κ2) is 8.26.